The molecule has 3 N–H and O–H groups in total. The molecule has 0 spiro atoms. The van der Waals surface area contributed by atoms with Crippen molar-refractivity contribution in [3.63, 3.8) is 0 Å². The topological polar surface area (TPSA) is 148 Å². The Morgan fingerprint density at radius 2 is 1.96 bits per heavy atom. The zero-order valence-corrected chi connectivity index (χ0v) is 13.9. The van der Waals surface area contributed by atoms with E-state index in [1.807, 2.05) is 0 Å². The van der Waals surface area contributed by atoms with Crippen LogP contribution >= 0.6 is 0 Å². The summed E-state index contributed by atoms with van der Waals surface area (Å²) in [5.74, 6) is -2.15. The number of rotatable bonds is 6. The van der Waals surface area contributed by atoms with Crippen molar-refractivity contribution in [1.29, 1.82) is 0 Å². The number of anilines is 1. The highest BCUT2D eigenvalue weighted by molar-refractivity contribution is 5.98. The molecule has 1 aromatic rings. The van der Waals surface area contributed by atoms with Gasteiger partial charge in [-0.15, -0.1) is 0 Å². The normalized spacial score (nSPS) is 12.0. The lowest BCUT2D eigenvalue weighted by Crippen LogP contribution is -2.46. The number of benzene rings is 1. The molecule has 0 aliphatic rings. The number of nitrogens with one attached hydrogen (secondary N) is 2. The predicted octanol–water partition coefficient (Wildman–Crippen LogP) is 1.90. The van der Waals surface area contributed by atoms with Gasteiger partial charge in [0.2, 0.25) is 5.91 Å². The van der Waals surface area contributed by atoms with E-state index in [1.54, 1.807) is 20.8 Å². The molecule has 0 bridgehead atoms. The smallest absolute Gasteiger partial charge is 0.408 e. The van der Waals surface area contributed by atoms with Crippen LogP contribution in [0.25, 0.3) is 0 Å². The van der Waals surface area contributed by atoms with E-state index < -0.39 is 41.0 Å². The number of hydrogen-bond donors (Lipinski definition) is 3. The molecule has 0 radical (unpaired) electrons. The van der Waals surface area contributed by atoms with Crippen LogP contribution < -0.4 is 10.6 Å². The second-order valence-corrected chi connectivity index (χ2v) is 6.09. The Bertz CT molecular complexity index is 682. The summed E-state index contributed by atoms with van der Waals surface area (Å²) in [5.41, 5.74) is -0.970. The van der Waals surface area contributed by atoms with Crippen molar-refractivity contribution in [1.82, 2.24) is 5.32 Å². The average Bonchev–Trinajstić information content (AvgIpc) is 2.44. The summed E-state index contributed by atoms with van der Waals surface area (Å²) >= 11 is 0. The minimum atomic E-state index is -1.41. The number of ether oxygens (including phenoxy) is 1. The van der Waals surface area contributed by atoms with Crippen molar-refractivity contribution in [3.05, 3.63) is 34.4 Å². The van der Waals surface area contributed by atoms with Crippen LogP contribution in [0.3, 0.4) is 0 Å². The molecule has 1 rings (SSSR count). The van der Waals surface area contributed by atoms with E-state index in [1.165, 1.54) is 18.2 Å². The molecule has 0 aliphatic heterocycles. The number of amides is 2. The summed E-state index contributed by atoms with van der Waals surface area (Å²) in [4.78, 5) is 45.0. The molecule has 0 fully saturated rings. The minimum Gasteiger partial charge on any atom is -0.481 e. The predicted molar refractivity (Wildman–Crippen MR) is 87.1 cm³/mol. The summed E-state index contributed by atoms with van der Waals surface area (Å²) in [7, 11) is 0. The highest BCUT2D eigenvalue weighted by Crippen LogP contribution is 2.17. The third-order valence-electron chi connectivity index (χ3n) is 2.71. The first-order valence-electron chi connectivity index (χ1n) is 7.24. The molecule has 10 heteroatoms. The fraction of sp³-hybridized carbons (Fsp3) is 0.400. The average molecular weight is 353 g/mol. The van der Waals surface area contributed by atoms with E-state index in [-0.39, 0.29) is 11.4 Å². The number of carbonyl (C=O) groups is 3. The highest BCUT2D eigenvalue weighted by Gasteiger charge is 2.26. The van der Waals surface area contributed by atoms with Gasteiger partial charge in [-0.05, 0) is 26.8 Å². The van der Waals surface area contributed by atoms with Gasteiger partial charge in [0, 0.05) is 17.8 Å². The van der Waals surface area contributed by atoms with Gasteiger partial charge in [-0.2, -0.15) is 0 Å². The van der Waals surface area contributed by atoms with Gasteiger partial charge in [0.15, 0.2) is 0 Å². The Labute approximate surface area is 143 Å². The molecule has 25 heavy (non-hydrogen) atoms. The number of nitro benzene ring substituents is 1. The maximum atomic E-state index is 12.2. The minimum absolute atomic E-state index is 0.0978. The monoisotopic (exact) mass is 353 g/mol. The lowest BCUT2D eigenvalue weighted by atomic mass is 10.2. The highest BCUT2D eigenvalue weighted by atomic mass is 16.6. The molecule has 2 amide bonds. The fourth-order valence-electron chi connectivity index (χ4n) is 1.76. The van der Waals surface area contributed by atoms with E-state index in [9.17, 15) is 24.5 Å². The molecule has 0 heterocycles. The standard InChI is InChI=1S/C15H19N3O7/c1-15(2,3)25-14(22)17-11(8-12(19)20)13(21)16-9-5-4-6-10(7-9)18(23)24/h4-7,11H,8H2,1-3H3,(H,16,21)(H,17,22)(H,19,20)/t11-/m1/s1. The van der Waals surface area contributed by atoms with Gasteiger partial charge in [-0.25, -0.2) is 4.79 Å². The molecular weight excluding hydrogens is 334 g/mol. The van der Waals surface area contributed by atoms with Crippen LogP contribution in [-0.4, -0.2) is 39.6 Å². The zero-order valence-electron chi connectivity index (χ0n) is 13.9. The molecule has 0 aromatic heterocycles. The van der Waals surface area contributed by atoms with Crippen molar-refractivity contribution in [3.8, 4) is 0 Å². The summed E-state index contributed by atoms with van der Waals surface area (Å²) in [5, 5.41) is 24.1. The van der Waals surface area contributed by atoms with Crippen LogP contribution in [0.5, 0.6) is 0 Å². The fourth-order valence-corrected chi connectivity index (χ4v) is 1.76. The van der Waals surface area contributed by atoms with Crippen molar-refractivity contribution < 1.29 is 29.2 Å². The number of nitro groups is 1. The summed E-state index contributed by atoms with van der Waals surface area (Å²) < 4.78 is 4.99. The second kappa shape index (κ2) is 8.08. The van der Waals surface area contributed by atoms with Crippen LogP contribution in [0.15, 0.2) is 24.3 Å². The molecule has 0 saturated heterocycles. The molecule has 0 aliphatic carbocycles. The van der Waals surface area contributed by atoms with Crippen LogP contribution in [-0.2, 0) is 14.3 Å². The Hall–Kier alpha value is -3.17. The molecule has 0 unspecified atom stereocenters. The van der Waals surface area contributed by atoms with Crippen LogP contribution in [0, 0.1) is 10.1 Å². The van der Waals surface area contributed by atoms with Gasteiger partial charge in [-0.1, -0.05) is 6.07 Å². The van der Waals surface area contributed by atoms with E-state index in [2.05, 4.69) is 10.6 Å². The quantitative estimate of drug-likeness (QED) is 0.522. The number of alkyl carbamates (subject to hydrolysis) is 1. The van der Waals surface area contributed by atoms with Gasteiger partial charge in [0.1, 0.15) is 11.6 Å². The van der Waals surface area contributed by atoms with Gasteiger partial charge < -0.3 is 20.5 Å². The number of hydrogen-bond acceptors (Lipinski definition) is 6. The molecule has 136 valence electrons. The van der Waals surface area contributed by atoms with Crippen LogP contribution in [0.4, 0.5) is 16.2 Å². The molecule has 1 atom stereocenters. The third kappa shape index (κ3) is 7.29. The lowest BCUT2D eigenvalue weighted by molar-refractivity contribution is -0.384. The van der Waals surface area contributed by atoms with Crippen LogP contribution in [0.2, 0.25) is 0 Å². The van der Waals surface area contributed by atoms with E-state index in [4.69, 9.17) is 9.84 Å². The third-order valence-corrected chi connectivity index (χ3v) is 2.71. The van der Waals surface area contributed by atoms with Gasteiger partial charge >= 0.3 is 12.1 Å². The SMILES string of the molecule is CC(C)(C)OC(=O)N[C@H](CC(=O)O)C(=O)Nc1cccc([N+](=O)[O-])c1. The Balaban J connectivity index is 2.86. The first kappa shape index (κ1) is 19.9. The first-order valence-corrected chi connectivity index (χ1v) is 7.24. The number of aliphatic carboxylic acids is 1. The largest absolute Gasteiger partial charge is 0.481 e. The van der Waals surface area contributed by atoms with E-state index in [0.717, 1.165) is 6.07 Å². The number of nitrogens with zero attached hydrogens (tertiary/aromatic N) is 1. The summed E-state index contributed by atoms with van der Waals surface area (Å²) in [6, 6.07) is 3.70. The van der Waals surface area contributed by atoms with Crippen LogP contribution in [0.1, 0.15) is 27.2 Å². The summed E-state index contributed by atoms with van der Waals surface area (Å²) in [6.45, 7) is 4.84. The van der Waals surface area contributed by atoms with Crippen molar-refractivity contribution in [2.75, 3.05) is 5.32 Å². The molecule has 1 aromatic carbocycles. The Morgan fingerprint density at radius 3 is 2.48 bits per heavy atom. The van der Waals surface area contributed by atoms with E-state index in [0.29, 0.717) is 0 Å². The number of carboxylic acid groups (broad SMARTS) is 1. The number of carbonyl (C=O) groups excluding carboxylic acids is 2. The summed E-state index contributed by atoms with van der Waals surface area (Å²) in [6.07, 6.45) is -1.63. The zero-order chi connectivity index (χ0) is 19.2. The molecule has 0 saturated carbocycles. The second-order valence-electron chi connectivity index (χ2n) is 6.09. The Morgan fingerprint density at radius 1 is 1.32 bits per heavy atom. The maximum absolute atomic E-state index is 12.2. The Kier molecular flexibility index (Phi) is 6.43. The van der Waals surface area contributed by atoms with Gasteiger partial charge in [0.05, 0.1) is 11.3 Å². The lowest BCUT2D eigenvalue weighted by Gasteiger charge is -2.22. The van der Waals surface area contributed by atoms with Gasteiger partial charge in [-0.3, -0.25) is 19.7 Å². The van der Waals surface area contributed by atoms with Gasteiger partial charge in [0.25, 0.3) is 5.69 Å². The van der Waals surface area contributed by atoms with Crippen molar-refractivity contribution in [2.24, 2.45) is 0 Å². The molecule has 10 nitrogen and oxygen atoms in total. The maximum Gasteiger partial charge on any atom is 0.408 e. The van der Waals surface area contributed by atoms with Crippen molar-refractivity contribution >= 4 is 29.3 Å². The number of non-ortho nitro benzene ring substituents is 1. The first-order chi connectivity index (χ1) is 11.5. The molecular formula is C15H19N3O7. The van der Waals surface area contributed by atoms with E-state index >= 15 is 0 Å². The van der Waals surface area contributed by atoms with Crippen molar-refractivity contribution in [2.45, 2.75) is 38.8 Å². The number of carboxylic acids is 1.